The average Bonchev–Trinajstić information content (AvgIpc) is 2.53. The Labute approximate surface area is 132 Å². The van der Waals surface area contributed by atoms with Gasteiger partial charge in [-0.2, -0.15) is 13.2 Å². The van der Waals surface area contributed by atoms with E-state index >= 15 is 0 Å². The fourth-order valence-electron chi connectivity index (χ4n) is 3.61. The van der Waals surface area contributed by atoms with Crippen LogP contribution >= 0.6 is 0 Å². The van der Waals surface area contributed by atoms with E-state index in [9.17, 15) is 18.0 Å². The van der Waals surface area contributed by atoms with Gasteiger partial charge in [0, 0.05) is 17.2 Å². The topological polar surface area (TPSA) is 68.0 Å². The van der Waals surface area contributed by atoms with Crippen LogP contribution in [0.2, 0.25) is 0 Å². The normalized spacial score (nSPS) is 30.3. The quantitative estimate of drug-likeness (QED) is 0.897. The first-order valence-electron chi connectivity index (χ1n) is 7.82. The minimum absolute atomic E-state index is 0.0269. The molecule has 3 aliphatic carbocycles. The summed E-state index contributed by atoms with van der Waals surface area (Å²) in [5, 5.41) is 2.83. The number of hydrogen-bond acceptors (Lipinski definition) is 3. The van der Waals surface area contributed by atoms with Crippen LogP contribution in [0.25, 0.3) is 0 Å². The number of hydrogen-bond donors (Lipinski definition) is 2. The number of fused-ring (bicyclic) bond motifs is 3. The van der Waals surface area contributed by atoms with E-state index in [2.05, 4.69) is 10.3 Å². The van der Waals surface area contributed by atoms with Crippen molar-refractivity contribution in [3.05, 3.63) is 29.6 Å². The minimum atomic E-state index is -4.40. The molecule has 3 fully saturated rings. The SMILES string of the molecule is NC12CCC(C(=O)NCc3ccc(C(F)(F)F)cn3)(CC1)CC2. The summed E-state index contributed by atoms with van der Waals surface area (Å²) in [5.74, 6) is -0.0269. The summed E-state index contributed by atoms with van der Waals surface area (Å²) < 4.78 is 37.5. The van der Waals surface area contributed by atoms with Crippen LogP contribution in [0.4, 0.5) is 13.2 Å². The molecule has 0 aromatic carbocycles. The van der Waals surface area contributed by atoms with Crippen molar-refractivity contribution in [2.24, 2.45) is 11.1 Å². The van der Waals surface area contributed by atoms with Gasteiger partial charge in [-0.15, -0.1) is 0 Å². The predicted octanol–water partition coefficient (Wildman–Crippen LogP) is 2.77. The minimum Gasteiger partial charge on any atom is -0.350 e. The maximum atomic E-state index is 12.5. The van der Waals surface area contributed by atoms with Gasteiger partial charge in [0.2, 0.25) is 5.91 Å². The molecule has 0 aliphatic heterocycles. The molecule has 1 amide bonds. The molecule has 7 heteroatoms. The van der Waals surface area contributed by atoms with Crippen molar-refractivity contribution in [2.75, 3.05) is 0 Å². The van der Waals surface area contributed by atoms with Gasteiger partial charge in [-0.25, -0.2) is 0 Å². The average molecular weight is 327 g/mol. The summed E-state index contributed by atoms with van der Waals surface area (Å²) in [6.45, 7) is 0.145. The number of alkyl halides is 3. The van der Waals surface area contributed by atoms with E-state index in [1.54, 1.807) is 0 Å². The number of nitrogens with two attached hydrogens (primary N) is 1. The Kier molecular flexibility index (Phi) is 3.86. The van der Waals surface area contributed by atoms with Crippen molar-refractivity contribution in [1.82, 2.24) is 10.3 Å². The summed E-state index contributed by atoms with van der Waals surface area (Å²) in [4.78, 5) is 16.3. The van der Waals surface area contributed by atoms with Crippen LogP contribution in [0.1, 0.15) is 49.8 Å². The summed E-state index contributed by atoms with van der Waals surface area (Å²) in [6.07, 6.45) is 1.34. The number of nitrogens with one attached hydrogen (secondary N) is 1. The zero-order valence-corrected chi connectivity index (χ0v) is 12.7. The summed E-state index contributed by atoms with van der Waals surface area (Å²) >= 11 is 0. The van der Waals surface area contributed by atoms with Gasteiger partial charge < -0.3 is 11.1 Å². The standard InChI is InChI=1S/C16H20F3N3O/c17-16(18,19)11-1-2-12(21-9-11)10-22-13(23)14-3-6-15(20,7-4-14)8-5-14/h1-2,9H,3-8,10,20H2,(H,22,23). The molecular formula is C16H20F3N3O. The third-order valence-corrected chi connectivity index (χ3v) is 5.37. The first kappa shape index (κ1) is 16.2. The maximum absolute atomic E-state index is 12.5. The summed E-state index contributed by atoms with van der Waals surface area (Å²) in [7, 11) is 0. The van der Waals surface area contributed by atoms with Crippen LogP contribution in [0, 0.1) is 5.41 Å². The van der Waals surface area contributed by atoms with Crippen molar-refractivity contribution in [3.63, 3.8) is 0 Å². The number of carbonyl (C=O) groups is 1. The summed E-state index contributed by atoms with van der Waals surface area (Å²) in [6, 6.07) is 2.28. The summed E-state index contributed by atoms with van der Waals surface area (Å²) in [5.41, 5.74) is 5.41. The van der Waals surface area contributed by atoms with E-state index in [4.69, 9.17) is 5.73 Å². The number of halogens is 3. The molecule has 4 nitrogen and oxygen atoms in total. The monoisotopic (exact) mass is 327 g/mol. The highest BCUT2D eigenvalue weighted by Crippen LogP contribution is 2.51. The Morgan fingerprint density at radius 1 is 1.17 bits per heavy atom. The molecule has 3 saturated carbocycles. The molecule has 1 heterocycles. The predicted molar refractivity (Wildman–Crippen MR) is 78.1 cm³/mol. The van der Waals surface area contributed by atoms with Crippen molar-refractivity contribution in [2.45, 2.75) is 56.8 Å². The molecule has 4 rings (SSSR count). The van der Waals surface area contributed by atoms with Crippen LogP contribution in [-0.2, 0) is 17.5 Å². The third-order valence-electron chi connectivity index (χ3n) is 5.37. The second kappa shape index (κ2) is 5.47. The smallest absolute Gasteiger partial charge is 0.350 e. The second-order valence-corrected chi connectivity index (χ2v) is 6.86. The van der Waals surface area contributed by atoms with Crippen molar-refractivity contribution >= 4 is 5.91 Å². The Balaban J connectivity index is 1.59. The Morgan fingerprint density at radius 2 is 1.78 bits per heavy atom. The lowest BCUT2D eigenvalue weighted by atomic mass is 9.57. The van der Waals surface area contributed by atoms with Gasteiger partial charge in [-0.1, -0.05) is 0 Å². The van der Waals surface area contributed by atoms with Gasteiger partial charge >= 0.3 is 6.18 Å². The van der Waals surface area contributed by atoms with Crippen molar-refractivity contribution in [1.29, 1.82) is 0 Å². The second-order valence-electron chi connectivity index (χ2n) is 6.86. The molecule has 0 radical (unpaired) electrons. The molecule has 0 unspecified atom stereocenters. The van der Waals surface area contributed by atoms with Crippen LogP contribution in [0.15, 0.2) is 18.3 Å². The highest BCUT2D eigenvalue weighted by Gasteiger charge is 2.50. The molecular weight excluding hydrogens is 307 g/mol. The van der Waals surface area contributed by atoms with Crippen molar-refractivity contribution in [3.8, 4) is 0 Å². The fourth-order valence-corrected chi connectivity index (χ4v) is 3.61. The lowest BCUT2D eigenvalue weighted by Crippen LogP contribution is -2.56. The highest BCUT2D eigenvalue weighted by molar-refractivity contribution is 5.83. The number of amides is 1. The molecule has 3 aliphatic rings. The molecule has 2 bridgehead atoms. The largest absolute Gasteiger partial charge is 0.417 e. The van der Waals surface area contributed by atoms with Gasteiger partial charge in [0.05, 0.1) is 17.8 Å². The van der Waals surface area contributed by atoms with E-state index in [0.29, 0.717) is 5.69 Å². The highest BCUT2D eigenvalue weighted by atomic mass is 19.4. The first-order chi connectivity index (χ1) is 10.7. The zero-order valence-electron chi connectivity index (χ0n) is 12.7. The van der Waals surface area contributed by atoms with E-state index in [0.717, 1.165) is 50.8 Å². The lowest BCUT2D eigenvalue weighted by molar-refractivity contribution is -0.138. The molecule has 0 spiro atoms. The number of rotatable bonds is 3. The molecule has 1 aromatic heterocycles. The lowest BCUT2D eigenvalue weighted by Gasteiger charge is -2.50. The van der Waals surface area contributed by atoms with E-state index in [1.165, 1.54) is 6.07 Å². The van der Waals surface area contributed by atoms with Gasteiger partial charge in [-0.05, 0) is 50.7 Å². The van der Waals surface area contributed by atoms with E-state index in [-0.39, 0.29) is 23.4 Å². The zero-order chi connectivity index (χ0) is 16.7. The number of nitrogens with zero attached hydrogens (tertiary/aromatic N) is 1. The van der Waals surface area contributed by atoms with Gasteiger partial charge in [0.25, 0.3) is 0 Å². The molecule has 0 saturated heterocycles. The molecule has 1 aromatic rings. The van der Waals surface area contributed by atoms with E-state index < -0.39 is 11.7 Å². The number of carbonyl (C=O) groups excluding carboxylic acids is 1. The van der Waals surface area contributed by atoms with Gasteiger partial charge in [0.15, 0.2) is 0 Å². The Hall–Kier alpha value is -1.63. The van der Waals surface area contributed by atoms with Gasteiger partial charge in [0.1, 0.15) is 0 Å². The Bertz CT molecular complexity index is 573. The third kappa shape index (κ3) is 3.20. The maximum Gasteiger partial charge on any atom is 0.417 e. The van der Waals surface area contributed by atoms with Crippen LogP contribution in [-0.4, -0.2) is 16.4 Å². The van der Waals surface area contributed by atoms with Gasteiger partial charge in [-0.3, -0.25) is 9.78 Å². The van der Waals surface area contributed by atoms with Crippen LogP contribution in [0.5, 0.6) is 0 Å². The van der Waals surface area contributed by atoms with Crippen LogP contribution in [0.3, 0.4) is 0 Å². The first-order valence-corrected chi connectivity index (χ1v) is 7.82. The van der Waals surface area contributed by atoms with Crippen LogP contribution < -0.4 is 11.1 Å². The molecule has 126 valence electrons. The molecule has 3 N–H and O–H groups in total. The number of pyridine rings is 1. The molecule has 0 atom stereocenters. The Morgan fingerprint density at radius 3 is 2.26 bits per heavy atom. The van der Waals surface area contributed by atoms with E-state index in [1.807, 2.05) is 0 Å². The molecule has 23 heavy (non-hydrogen) atoms. The number of aromatic nitrogens is 1. The van der Waals surface area contributed by atoms with Crippen molar-refractivity contribution < 1.29 is 18.0 Å². The fraction of sp³-hybridized carbons (Fsp3) is 0.625.